The van der Waals surface area contributed by atoms with Crippen molar-refractivity contribution in [2.24, 2.45) is 0 Å². The number of carboxylic acids is 1. The Kier molecular flexibility index (Phi) is 9.72. The summed E-state index contributed by atoms with van der Waals surface area (Å²) < 4.78 is 0.875. The number of nitrogens with zero attached hydrogens (tertiary/aromatic N) is 1. The van der Waals surface area contributed by atoms with Crippen molar-refractivity contribution in [2.75, 3.05) is 33.7 Å². The summed E-state index contributed by atoms with van der Waals surface area (Å²) in [7, 11) is 4.29. The molecule has 0 aromatic carbocycles. The molecule has 0 rings (SSSR count). The monoisotopic (exact) mass is 285 g/mol. The van der Waals surface area contributed by atoms with Crippen molar-refractivity contribution in [3.8, 4) is 0 Å². The van der Waals surface area contributed by atoms with E-state index in [4.69, 9.17) is 5.11 Å². The number of carbonyl (C=O) groups excluding carboxylic acids is 1. The standard InChI is InChI=1S/C15H28N2O3/c1-4-14(18)16-11-7-5-6-8-12-17(2,3)13-9-10-15(19)20/h4H,1,5-13H2,2-3H3,(H-,16,18,19,20)/p+1. The highest BCUT2D eigenvalue weighted by Crippen LogP contribution is 2.07. The first kappa shape index (κ1) is 18.6. The molecule has 5 heteroatoms. The van der Waals surface area contributed by atoms with E-state index >= 15 is 0 Å². The van der Waals surface area contributed by atoms with Gasteiger partial charge in [-0.05, 0) is 25.3 Å². The van der Waals surface area contributed by atoms with E-state index in [0.717, 1.165) is 49.7 Å². The lowest BCUT2D eigenvalue weighted by Gasteiger charge is -2.29. The lowest BCUT2D eigenvalue weighted by atomic mass is 10.1. The van der Waals surface area contributed by atoms with Crippen molar-refractivity contribution in [1.82, 2.24) is 5.32 Å². The minimum Gasteiger partial charge on any atom is -0.481 e. The average molecular weight is 285 g/mol. The highest BCUT2D eigenvalue weighted by atomic mass is 16.4. The first-order valence-corrected chi connectivity index (χ1v) is 7.31. The first-order valence-electron chi connectivity index (χ1n) is 7.31. The Morgan fingerprint density at radius 3 is 2.30 bits per heavy atom. The zero-order valence-corrected chi connectivity index (χ0v) is 12.9. The van der Waals surface area contributed by atoms with E-state index < -0.39 is 5.97 Å². The number of carboxylic acid groups (broad SMARTS) is 1. The average Bonchev–Trinajstić information content (AvgIpc) is 2.36. The van der Waals surface area contributed by atoms with Crippen molar-refractivity contribution >= 4 is 11.9 Å². The fourth-order valence-electron chi connectivity index (χ4n) is 2.07. The second-order valence-electron chi connectivity index (χ2n) is 5.79. The van der Waals surface area contributed by atoms with Crippen molar-refractivity contribution in [3.05, 3.63) is 12.7 Å². The van der Waals surface area contributed by atoms with E-state index in [2.05, 4.69) is 26.0 Å². The van der Waals surface area contributed by atoms with Crippen LogP contribution < -0.4 is 5.32 Å². The number of carbonyl (C=O) groups is 2. The van der Waals surface area contributed by atoms with Gasteiger partial charge in [0.25, 0.3) is 0 Å². The van der Waals surface area contributed by atoms with Gasteiger partial charge in [0.15, 0.2) is 0 Å². The molecule has 0 atom stereocenters. The van der Waals surface area contributed by atoms with E-state index in [-0.39, 0.29) is 12.3 Å². The molecule has 0 saturated heterocycles. The van der Waals surface area contributed by atoms with Crippen LogP contribution in [0.5, 0.6) is 0 Å². The quantitative estimate of drug-likeness (QED) is 0.326. The van der Waals surface area contributed by atoms with E-state index in [1.807, 2.05) is 0 Å². The lowest BCUT2D eigenvalue weighted by molar-refractivity contribution is -0.890. The number of aliphatic carboxylic acids is 1. The van der Waals surface area contributed by atoms with Crippen LogP contribution in [-0.2, 0) is 9.59 Å². The van der Waals surface area contributed by atoms with Crippen LogP contribution in [0, 0.1) is 0 Å². The Morgan fingerprint density at radius 2 is 1.70 bits per heavy atom. The fraction of sp³-hybridized carbons (Fsp3) is 0.733. The second-order valence-corrected chi connectivity index (χ2v) is 5.79. The Labute approximate surface area is 122 Å². The van der Waals surface area contributed by atoms with Gasteiger partial charge in [-0.3, -0.25) is 9.59 Å². The number of quaternary nitrogens is 1. The smallest absolute Gasteiger partial charge is 0.303 e. The summed E-state index contributed by atoms with van der Waals surface area (Å²) in [5, 5.41) is 11.4. The molecule has 20 heavy (non-hydrogen) atoms. The van der Waals surface area contributed by atoms with Crippen molar-refractivity contribution < 1.29 is 19.2 Å². The van der Waals surface area contributed by atoms with Crippen molar-refractivity contribution in [1.29, 1.82) is 0 Å². The van der Waals surface area contributed by atoms with Gasteiger partial charge in [-0.25, -0.2) is 0 Å². The third-order valence-electron chi connectivity index (χ3n) is 3.33. The Balaban J connectivity index is 3.50. The summed E-state index contributed by atoms with van der Waals surface area (Å²) in [5.74, 6) is -0.826. The number of hydrogen-bond donors (Lipinski definition) is 2. The van der Waals surface area contributed by atoms with Crippen LogP contribution in [-0.4, -0.2) is 55.2 Å². The van der Waals surface area contributed by atoms with Gasteiger partial charge in [-0.1, -0.05) is 13.0 Å². The minimum absolute atomic E-state index is 0.110. The number of unbranched alkanes of at least 4 members (excludes halogenated alkanes) is 3. The Morgan fingerprint density at radius 1 is 1.10 bits per heavy atom. The molecule has 0 unspecified atom stereocenters. The summed E-state index contributed by atoms with van der Waals surface area (Å²) in [4.78, 5) is 21.4. The zero-order valence-electron chi connectivity index (χ0n) is 12.9. The molecule has 0 heterocycles. The maximum Gasteiger partial charge on any atom is 0.303 e. The van der Waals surface area contributed by atoms with Gasteiger partial charge < -0.3 is 14.9 Å². The van der Waals surface area contributed by atoms with Crippen LogP contribution in [0.2, 0.25) is 0 Å². The molecule has 116 valence electrons. The maximum absolute atomic E-state index is 10.9. The predicted molar refractivity (Wildman–Crippen MR) is 80.4 cm³/mol. The highest BCUT2D eigenvalue weighted by Gasteiger charge is 2.14. The van der Waals surface area contributed by atoms with Gasteiger partial charge in [0.2, 0.25) is 5.91 Å². The third kappa shape index (κ3) is 11.7. The van der Waals surface area contributed by atoms with Crippen LogP contribution >= 0.6 is 0 Å². The number of amides is 1. The summed E-state index contributed by atoms with van der Waals surface area (Å²) in [5.41, 5.74) is 0. The molecule has 5 nitrogen and oxygen atoms in total. The first-order chi connectivity index (χ1) is 9.37. The molecule has 2 N–H and O–H groups in total. The van der Waals surface area contributed by atoms with E-state index in [1.165, 1.54) is 6.08 Å². The fourth-order valence-corrected chi connectivity index (χ4v) is 2.07. The van der Waals surface area contributed by atoms with E-state index in [0.29, 0.717) is 6.54 Å². The molecular weight excluding hydrogens is 256 g/mol. The molecule has 1 amide bonds. The van der Waals surface area contributed by atoms with Gasteiger partial charge in [0.1, 0.15) is 0 Å². The maximum atomic E-state index is 10.9. The summed E-state index contributed by atoms with van der Waals surface area (Å²) in [6.45, 7) is 6.08. The summed E-state index contributed by atoms with van der Waals surface area (Å²) >= 11 is 0. The highest BCUT2D eigenvalue weighted by molar-refractivity contribution is 5.86. The Bertz CT molecular complexity index is 314. The van der Waals surface area contributed by atoms with Crippen LogP contribution in [0.15, 0.2) is 12.7 Å². The molecule has 0 aliphatic carbocycles. The third-order valence-corrected chi connectivity index (χ3v) is 3.33. The van der Waals surface area contributed by atoms with Crippen LogP contribution in [0.25, 0.3) is 0 Å². The largest absolute Gasteiger partial charge is 0.481 e. The summed E-state index contributed by atoms with van der Waals surface area (Å²) in [6, 6.07) is 0. The molecule has 0 aliphatic rings. The molecule has 0 bridgehead atoms. The molecule has 0 saturated carbocycles. The zero-order chi connectivity index (χ0) is 15.4. The normalized spacial score (nSPS) is 11.1. The minimum atomic E-state index is -0.716. The molecule has 0 spiro atoms. The van der Waals surface area contributed by atoms with E-state index in [9.17, 15) is 9.59 Å². The van der Waals surface area contributed by atoms with E-state index in [1.54, 1.807) is 0 Å². The van der Waals surface area contributed by atoms with Crippen molar-refractivity contribution in [3.63, 3.8) is 0 Å². The van der Waals surface area contributed by atoms with Gasteiger partial charge >= 0.3 is 5.97 Å². The van der Waals surface area contributed by atoms with Crippen LogP contribution in [0.1, 0.15) is 38.5 Å². The topological polar surface area (TPSA) is 66.4 Å². The lowest BCUT2D eigenvalue weighted by Crippen LogP contribution is -2.41. The van der Waals surface area contributed by atoms with Crippen LogP contribution in [0.4, 0.5) is 0 Å². The SMILES string of the molecule is C=CC(=O)NCCCCCC[N+](C)(C)CCCC(=O)O. The van der Waals surface area contributed by atoms with Gasteiger partial charge in [-0.2, -0.15) is 0 Å². The second kappa shape index (κ2) is 10.4. The van der Waals surface area contributed by atoms with Gasteiger partial charge in [0.05, 0.1) is 33.6 Å². The molecule has 0 aromatic rings. The molecule has 0 aliphatic heterocycles. The van der Waals surface area contributed by atoms with Gasteiger partial charge in [0, 0.05) is 13.0 Å². The predicted octanol–water partition coefficient (Wildman–Crippen LogP) is 1.79. The Hall–Kier alpha value is -1.36. The number of rotatable bonds is 12. The summed E-state index contributed by atoms with van der Waals surface area (Å²) in [6.07, 6.45) is 6.65. The molecule has 0 radical (unpaired) electrons. The number of nitrogens with one attached hydrogen (secondary N) is 1. The number of hydrogen-bond acceptors (Lipinski definition) is 2. The molecule has 0 aromatic heterocycles. The molecular formula is C15H29N2O3+. The molecule has 0 fully saturated rings. The van der Waals surface area contributed by atoms with Crippen molar-refractivity contribution in [2.45, 2.75) is 38.5 Å². The van der Waals surface area contributed by atoms with Gasteiger partial charge in [-0.15, -0.1) is 0 Å². The van der Waals surface area contributed by atoms with Crippen LogP contribution in [0.3, 0.4) is 0 Å².